The molecular weight excluding hydrogens is 569 g/mol. The largest absolute Gasteiger partial charge is 0.460 e. The molecular formula is C11H3F23. The molecule has 0 heterocycles. The predicted molar refractivity (Wildman–Crippen MR) is 58.7 cm³/mol. The van der Waals surface area contributed by atoms with E-state index in [2.05, 4.69) is 0 Å². The Morgan fingerprint density at radius 3 is 0.382 bits per heavy atom. The van der Waals surface area contributed by atoms with Crippen LogP contribution in [0.25, 0.3) is 0 Å². The van der Waals surface area contributed by atoms with Crippen molar-refractivity contribution in [1.29, 1.82) is 0 Å². The standard InChI is InChI=1S/C10F22.CH3F/c11-1(12,3(15,16)5(19,20)7(23,24)9(27,28)29)2(13,14)4(17,18)6(21,22)8(25,26)10(30,31)32;1-2/h;1H3. The van der Waals surface area contributed by atoms with Gasteiger partial charge in [0.1, 0.15) is 0 Å². The summed E-state index contributed by atoms with van der Waals surface area (Å²) in [5.41, 5.74) is 0. The smallest absolute Gasteiger partial charge is 0.255 e. The maximum atomic E-state index is 13.1. The first kappa shape index (κ1) is 34.6. The van der Waals surface area contributed by atoms with E-state index in [1.165, 1.54) is 0 Å². The summed E-state index contributed by atoms with van der Waals surface area (Å²) in [7, 11) is 0.500. The van der Waals surface area contributed by atoms with Gasteiger partial charge in [-0.05, 0) is 0 Å². The number of hydrogen-bond acceptors (Lipinski definition) is 0. The van der Waals surface area contributed by atoms with Crippen LogP contribution in [0.2, 0.25) is 0 Å². The van der Waals surface area contributed by atoms with Gasteiger partial charge in [0.2, 0.25) is 0 Å². The summed E-state index contributed by atoms with van der Waals surface area (Å²) in [4.78, 5) is 0. The molecule has 0 aromatic carbocycles. The van der Waals surface area contributed by atoms with Crippen molar-refractivity contribution in [1.82, 2.24) is 0 Å². The van der Waals surface area contributed by atoms with Crippen LogP contribution in [0, 0.1) is 0 Å². The normalized spacial score (nSPS) is 16.2. The minimum atomic E-state index is -9.24. The number of rotatable bonds is 7. The first-order valence-corrected chi connectivity index (χ1v) is 6.79. The van der Waals surface area contributed by atoms with Gasteiger partial charge in [-0.1, -0.05) is 0 Å². The van der Waals surface area contributed by atoms with Crippen molar-refractivity contribution < 1.29 is 101 Å². The molecule has 0 aliphatic rings. The van der Waals surface area contributed by atoms with Gasteiger partial charge in [-0.25, -0.2) is 0 Å². The van der Waals surface area contributed by atoms with Gasteiger partial charge in [0.05, 0.1) is 7.18 Å². The van der Waals surface area contributed by atoms with Gasteiger partial charge >= 0.3 is 59.7 Å². The van der Waals surface area contributed by atoms with E-state index >= 15 is 0 Å². The fourth-order valence-corrected chi connectivity index (χ4v) is 1.54. The van der Waals surface area contributed by atoms with Crippen molar-refractivity contribution in [3.8, 4) is 0 Å². The van der Waals surface area contributed by atoms with Gasteiger partial charge in [0, 0.05) is 0 Å². The molecule has 0 fully saturated rings. The molecule has 0 saturated carbocycles. The topological polar surface area (TPSA) is 0 Å². The Kier molecular flexibility index (Phi) is 8.64. The van der Waals surface area contributed by atoms with E-state index in [1.807, 2.05) is 0 Å². The zero-order valence-electron chi connectivity index (χ0n) is 14.7. The van der Waals surface area contributed by atoms with Gasteiger partial charge in [-0.2, -0.15) is 96.6 Å². The van der Waals surface area contributed by atoms with Crippen molar-refractivity contribution in [2.24, 2.45) is 0 Å². The summed E-state index contributed by atoms with van der Waals surface area (Å²) in [6, 6.07) is 0. The van der Waals surface area contributed by atoms with E-state index in [1.54, 1.807) is 0 Å². The third kappa shape index (κ3) is 4.16. The van der Waals surface area contributed by atoms with E-state index in [4.69, 9.17) is 0 Å². The maximum absolute atomic E-state index is 13.1. The third-order valence-corrected chi connectivity index (χ3v) is 3.47. The van der Waals surface area contributed by atoms with Crippen LogP contribution in [0.15, 0.2) is 0 Å². The van der Waals surface area contributed by atoms with Crippen molar-refractivity contribution in [2.75, 3.05) is 7.18 Å². The molecule has 34 heavy (non-hydrogen) atoms. The predicted octanol–water partition coefficient (Wildman–Crippen LogP) is 7.78. The van der Waals surface area contributed by atoms with Gasteiger partial charge in [-0.3, -0.25) is 4.39 Å². The van der Waals surface area contributed by atoms with Crippen molar-refractivity contribution in [3.63, 3.8) is 0 Å². The monoisotopic (exact) mass is 572 g/mol. The van der Waals surface area contributed by atoms with Crippen LogP contribution in [0.1, 0.15) is 0 Å². The van der Waals surface area contributed by atoms with Crippen LogP contribution >= 0.6 is 0 Å². The molecule has 0 radical (unpaired) electrons. The lowest BCUT2D eigenvalue weighted by Gasteiger charge is -2.43. The highest BCUT2D eigenvalue weighted by Crippen LogP contribution is 2.66. The van der Waals surface area contributed by atoms with Crippen LogP contribution in [0.5, 0.6) is 0 Å². The quantitative estimate of drug-likeness (QED) is 0.274. The molecule has 0 aliphatic heterocycles. The second-order valence-corrected chi connectivity index (χ2v) is 5.59. The number of halogens is 23. The zero-order chi connectivity index (χ0) is 29.0. The van der Waals surface area contributed by atoms with Crippen LogP contribution in [-0.2, 0) is 0 Å². The van der Waals surface area contributed by atoms with Gasteiger partial charge in [0.25, 0.3) is 0 Å². The van der Waals surface area contributed by atoms with E-state index in [-0.39, 0.29) is 0 Å². The van der Waals surface area contributed by atoms with Crippen LogP contribution in [0.3, 0.4) is 0 Å². The Balaban J connectivity index is 0. The molecule has 0 aromatic rings. The van der Waals surface area contributed by atoms with Crippen molar-refractivity contribution in [2.45, 2.75) is 59.7 Å². The molecule has 0 spiro atoms. The molecule has 0 nitrogen and oxygen atoms in total. The lowest BCUT2D eigenvalue weighted by molar-refractivity contribution is -0.478. The molecule has 0 saturated heterocycles. The fraction of sp³-hybridized carbons (Fsp3) is 1.00. The Labute approximate surface area is 169 Å². The average molecular weight is 572 g/mol. The third-order valence-electron chi connectivity index (χ3n) is 3.47. The number of alkyl halides is 23. The fourth-order valence-electron chi connectivity index (χ4n) is 1.54. The summed E-state index contributed by atoms with van der Waals surface area (Å²) in [5.74, 6) is -71.5. The highest BCUT2D eigenvalue weighted by Gasteiger charge is 2.98. The van der Waals surface area contributed by atoms with E-state index < -0.39 is 59.7 Å². The Hall–Kier alpha value is -1.61. The summed E-state index contributed by atoms with van der Waals surface area (Å²) in [5, 5.41) is 0. The molecule has 0 aromatic heterocycles. The van der Waals surface area contributed by atoms with E-state index in [9.17, 15) is 101 Å². The van der Waals surface area contributed by atoms with Crippen molar-refractivity contribution in [3.05, 3.63) is 0 Å². The summed E-state index contributed by atoms with van der Waals surface area (Å²) < 4.78 is 286. The minimum Gasteiger partial charge on any atom is -0.255 e. The molecule has 0 bridgehead atoms. The molecule has 0 N–H and O–H groups in total. The van der Waals surface area contributed by atoms with Gasteiger partial charge in [0.15, 0.2) is 0 Å². The lowest BCUT2D eigenvalue weighted by Crippen LogP contribution is -2.76. The maximum Gasteiger partial charge on any atom is 0.460 e. The minimum absolute atomic E-state index is 0.500. The molecule has 0 rings (SSSR count). The highest BCUT2D eigenvalue weighted by atomic mass is 19.4. The van der Waals surface area contributed by atoms with E-state index in [0.29, 0.717) is 7.18 Å². The first-order valence-electron chi connectivity index (χ1n) is 6.79. The summed E-state index contributed by atoms with van der Waals surface area (Å²) >= 11 is 0. The van der Waals surface area contributed by atoms with Crippen LogP contribution < -0.4 is 0 Å². The van der Waals surface area contributed by atoms with Gasteiger partial charge in [-0.15, -0.1) is 0 Å². The van der Waals surface area contributed by atoms with Crippen LogP contribution in [-0.4, -0.2) is 66.9 Å². The molecule has 0 aliphatic carbocycles. The Morgan fingerprint density at radius 2 is 0.294 bits per heavy atom. The van der Waals surface area contributed by atoms with Gasteiger partial charge < -0.3 is 0 Å². The Morgan fingerprint density at radius 1 is 0.206 bits per heavy atom. The molecule has 0 unspecified atom stereocenters. The van der Waals surface area contributed by atoms with Crippen LogP contribution in [0.4, 0.5) is 101 Å². The zero-order valence-corrected chi connectivity index (χ0v) is 14.7. The highest BCUT2D eigenvalue weighted by molar-refractivity contribution is 5.17. The second kappa shape index (κ2) is 8.50. The molecule has 0 amide bonds. The average Bonchev–Trinajstić information content (AvgIpc) is 2.60. The Bertz CT molecular complexity index is 629. The molecule has 0 atom stereocenters. The first-order chi connectivity index (χ1) is 14.2. The molecule has 208 valence electrons. The SMILES string of the molecule is CF.FC(F)(F)C(F)(F)C(F)(F)C(F)(F)C(F)(F)C(F)(F)C(F)(F)C(F)(F)C(F)(F)C(F)(F)F. The summed E-state index contributed by atoms with van der Waals surface area (Å²) in [6.45, 7) is 0. The van der Waals surface area contributed by atoms with Crippen molar-refractivity contribution >= 4 is 0 Å². The van der Waals surface area contributed by atoms with E-state index in [0.717, 1.165) is 0 Å². The second-order valence-electron chi connectivity index (χ2n) is 5.59. The summed E-state index contributed by atoms with van der Waals surface area (Å²) in [6.07, 6.45) is -16.1. The molecule has 23 heteroatoms. The lowest BCUT2D eigenvalue weighted by atomic mass is 9.87. The number of hydrogen-bond donors (Lipinski definition) is 0.